The number of carbonyl (C=O) groups is 1. The molecule has 0 fully saturated rings. The second-order valence-corrected chi connectivity index (χ2v) is 8.79. The van der Waals surface area contributed by atoms with E-state index in [0.717, 1.165) is 23.7 Å². The summed E-state index contributed by atoms with van der Waals surface area (Å²) in [7, 11) is -3.36. The van der Waals surface area contributed by atoms with Gasteiger partial charge in [0.1, 0.15) is 0 Å². The van der Waals surface area contributed by atoms with Gasteiger partial charge < -0.3 is 4.74 Å². The number of rotatable bonds is 6. The summed E-state index contributed by atoms with van der Waals surface area (Å²) in [5.41, 5.74) is 0.299. The fraction of sp³-hybridized carbons (Fsp3) is 0.176. The number of nitrogens with zero attached hydrogens (tertiary/aromatic N) is 2. The summed E-state index contributed by atoms with van der Waals surface area (Å²) in [6, 6.07) is 8.41. The normalized spacial score (nSPS) is 11.4. The van der Waals surface area contributed by atoms with E-state index in [9.17, 15) is 23.3 Å². The summed E-state index contributed by atoms with van der Waals surface area (Å²) >= 11 is 1.11. The zero-order valence-electron chi connectivity index (χ0n) is 14.8. The number of hydrogen-bond donors (Lipinski definition) is 1. The molecule has 0 unspecified atom stereocenters. The number of nitro benzene ring substituents is 1. The Bertz CT molecular complexity index is 1190. The van der Waals surface area contributed by atoms with E-state index in [2.05, 4.69) is 10.3 Å². The van der Waals surface area contributed by atoms with Gasteiger partial charge in [0.15, 0.2) is 20.7 Å². The molecule has 0 atom stereocenters. The Kier molecular flexibility index (Phi) is 5.29. The number of hydrogen-bond acceptors (Lipinski definition) is 8. The smallest absolute Gasteiger partial charge is 0.311 e. The molecule has 0 bridgehead atoms. The summed E-state index contributed by atoms with van der Waals surface area (Å²) < 4.78 is 29.1. The van der Waals surface area contributed by atoms with Gasteiger partial charge in [-0.05, 0) is 37.3 Å². The van der Waals surface area contributed by atoms with Crippen LogP contribution in [0.1, 0.15) is 17.3 Å². The fourth-order valence-corrected chi connectivity index (χ4v) is 4.06. The molecule has 0 spiro atoms. The second-order valence-electron chi connectivity index (χ2n) is 5.75. The van der Waals surface area contributed by atoms with Crippen LogP contribution < -0.4 is 10.1 Å². The molecule has 0 saturated heterocycles. The van der Waals surface area contributed by atoms with Crippen molar-refractivity contribution < 1.29 is 22.9 Å². The minimum atomic E-state index is -3.36. The van der Waals surface area contributed by atoms with Crippen LogP contribution in [0.15, 0.2) is 41.3 Å². The van der Waals surface area contributed by atoms with Crippen LogP contribution in [-0.2, 0) is 9.84 Å². The maximum atomic E-state index is 12.5. The standard InChI is InChI=1S/C17H15N3O6S2/c1-3-26-14-7-4-10(8-13(14)20(22)23)16(21)19-17-18-12-6-5-11(28(2,24)25)9-15(12)27-17/h4-9H,3H2,1-2H3,(H,18,19,21). The topological polar surface area (TPSA) is 128 Å². The highest BCUT2D eigenvalue weighted by molar-refractivity contribution is 7.90. The molecule has 146 valence electrons. The molecule has 1 heterocycles. The number of benzene rings is 2. The van der Waals surface area contributed by atoms with Gasteiger partial charge in [-0.1, -0.05) is 11.3 Å². The van der Waals surface area contributed by atoms with E-state index in [0.29, 0.717) is 10.2 Å². The number of aromatic nitrogens is 1. The highest BCUT2D eigenvalue weighted by Gasteiger charge is 2.19. The first-order valence-corrected chi connectivity index (χ1v) is 10.7. The van der Waals surface area contributed by atoms with Crippen molar-refractivity contribution in [1.29, 1.82) is 0 Å². The average molecular weight is 421 g/mol. The number of amides is 1. The number of nitro groups is 1. The maximum absolute atomic E-state index is 12.5. The van der Waals surface area contributed by atoms with Crippen LogP contribution in [0.25, 0.3) is 10.2 Å². The van der Waals surface area contributed by atoms with Gasteiger partial charge in [-0.2, -0.15) is 0 Å². The first-order chi connectivity index (χ1) is 13.2. The predicted molar refractivity (Wildman–Crippen MR) is 105 cm³/mol. The molecule has 1 amide bonds. The fourth-order valence-electron chi connectivity index (χ4n) is 2.44. The summed E-state index contributed by atoms with van der Waals surface area (Å²) in [6.07, 6.45) is 1.11. The van der Waals surface area contributed by atoms with Crippen LogP contribution in [0, 0.1) is 10.1 Å². The lowest BCUT2D eigenvalue weighted by atomic mass is 10.2. The SMILES string of the molecule is CCOc1ccc(C(=O)Nc2nc3ccc(S(C)(=O)=O)cc3s2)cc1[N+](=O)[O-]. The number of nitrogens with one attached hydrogen (secondary N) is 1. The van der Waals surface area contributed by atoms with Crippen molar-refractivity contribution in [1.82, 2.24) is 4.98 Å². The van der Waals surface area contributed by atoms with Crippen LogP contribution in [0.4, 0.5) is 10.8 Å². The third-order valence-electron chi connectivity index (χ3n) is 3.73. The highest BCUT2D eigenvalue weighted by atomic mass is 32.2. The molecule has 0 aliphatic rings. The van der Waals surface area contributed by atoms with Crippen molar-refractivity contribution in [2.75, 3.05) is 18.2 Å². The molecule has 28 heavy (non-hydrogen) atoms. The van der Waals surface area contributed by atoms with Crippen molar-refractivity contribution >= 4 is 48.1 Å². The van der Waals surface area contributed by atoms with Gasteiger partial charge in [0, 0.05) is 17.9 Å². The first-order valence-electron chi connectivity index (χ1n) is 8.02. The molecule has 0 radical (unpaired) electrons. The Labute approximate surface area is 164 Å². The van der Waals surface area contributed by atoms with Crippen molar-refractivity contribution in [2.45, 2.75) is 11.8 Å². The molecule has 2 aromatic carbocycles. The average Bonchev–Trinajstić information content (AvgIpc) is 3.02. The molecule has 1 aromatic heterocycles. The van der Waals surface area contributed by atoms with E-state index in [1.165, 1.54) is 24.3 Å². The largest absolute Gasteiger partial charge is 0.487 e. The number of carbonyl (C=O) groups excluding carboxylic acids is 1. The molecule has 11 heteroatoms. The Morgan fingerprint density at radius 3 is 2.68 bits per heavy atom. The Hall–Kier alpha value is -3.05. The van der Waals surface area contributed by atoms with Gasteiger partial charge in [-0.25, -0.2) is 13.4 Å². The molecule has 3 rings (SSSR count). The van der Waals surface area contributed by atoms with Crippen molar-refractivity contribution in [3.8, 4) is 5.75 Å². The Morgan fingerprint density at radius 1 is 1.29 bits per heavy atom. The predicted octanol–water partition coefficient (Wildman–Crippen LogP) is 3.26. The lowest BCUT2D eigenvalue weighted by molar-refractivity contribution is -0.385. The summed E-state index contributed by atoms with van der Waals surface area (Å²) in [5.74, 6) is -0.495. The minimum absolute atomic E-state index is 0.0752. The van der Waals surface area contributed by atoms with E-state index >= 15 is 0 Å². The van der Waals surface area contributed by atoms with Gasteiger partial charge >= 0.3 is 5.69 Å². The quantitative estimate of drug-likeness (QED) is 0.478. The van der Waals surface area contributed by atoms with Crippen LogP contribution >= 0.6 is 11.3 Å². The van der Waals surface area contributed by atoms with Gasteiger partial charge in [0.25, 0.3) is 5.91 Å². The number of ether oxygens (including phenoxy) is 1. The van der Waals surface area contributed by atoms with E-state index in [4.69, 9.17) is 4.74 Å². The highest BCUT2D eigenvalue weighted by Crippen LogP contribution is 2.30. The molecule has 0 aliphatic carbocycles. The molecular formula is C17H15N3O6S2. The van der Waals surface area contributed by atoms with Crippen LogP contribution in [0.5, 0.6) is 5.75 Å². The van der Waals surface area contributed by atoms with Crippen LogP contribution in [0.2, 0.25) is 0 Å². The van der Waals surface area contributed by atoms with Crippen LogP contribution in [0.3, 0.4) is 0 Å². The summed E-state index contributed by atoms with van der Waals surface area (Å²) in [5, 5.41) is 14.0. The molecule has 1 N–H and O–H groups in total. The van der Waals surface area contributed by atoms with Crippen molar-refractivity contribution in [3.63, 3.8) is 0 Å². The molecule has 0 aliphatic heterocycles. The Morgan fingerprint density at radius 2 is 2.04 bits per heavy atom. The lowest BCUT2D eigenvalue weighted by Gasteiger charge is -2.06. The van der Waals surface area contributed by atoms with Crippen molar-refractivity contribution in [3.05, 3.63) is 52.1 Å². The number of thiazole rings is 1. The zero-order valence-corrected chi connectivity index (χ0v) is 16.5. The second kappa shape index (κ2) is 7.52. The molecular weight excluding hydrogens is 406 g/mol. The molecule has 3 aromatic rings. The monoisotopic (exact) mass is 421 g/mol. The van der Waals surface area contributed by atoms with Gasteiger partial charge in [0.05, 0.1) is 26.6 Å². The van der Waals surface area contributed by atoms with Gasteiger partial charge in [0.2, 0.25) is 0 Å². The van der Waals surface area contributed by atoms with E-state index in [-0.39, 0.29) is 33.6 Å². The minimum Gasteiger partial charge on any atom is -0.487 e. The van der Waals surface area contributed by atoms with Crippen molar-refractivity contribution in [2.24, 2.45) is 0 Å². The third-order valence-corrected chi connectivity index (χ3v) is 5.77. The van der Waals surface area contributed by atoms with E-state index in [1.54, 1.807) is 13.0 Å². The maximum Gasteiger partial charge on any atom is 0.311 e. The van der Waals surface area contributed by atoms with Gasteiger partial charge in [-0.3, -0.25) is 20.2 Å². The molecule has 0 saturated carbocycles. The summed E-state index contributed by atoms with van der Waals surface area (Å²) in [4.78, 5) is 27.4. The van der Waals surface area contributed by atoms with E-state index < -0.39 is 20.7 Å². The third kappa shape index (κ3) is 4.10. The van der Waals surface area contributed by atoms with Gasteiger partial charge in [-0.15, -0.1) is 0 Å². The zero-order chi connectivity index (χ0) is 20.5. The lowest BCUT2D eigenvalue weighted by Crippen LogP contribution is -2.12. The number of anilines is 1. The summed E-state index contributed by atoms with van der Waals surface area (Å²) in [6.45, 7) is 1.96. The van der Waals surface area contributed by atoms with E-state index in [1.807, 2.05) is 0 Å². The Balaban J connectivity index is 1.88. The number of fused-ring (bicyclic) bond motifs is 1. The van der Waals surface area contributed by atoms with Crippen LogP contribution in [-0.4, -0.2) is 37.1 Å². The number of sulfone groups is 1. The molecule has 9 nitrogen and oxygen atoms in total. The first kappa shape index (κ1) is 19.7.